The van der Waals surface area contributed by atoms with Crippen LogP contribution >= 0.6 is 0 Å². The van der Waals surface area contributed by atoms with Crippen molar-refractivity contribution in [2.45, 2.75) is 328 Å². The van der Waals surface area contributed by atoms with Gasteiger partial charge >= 0.3 is 5.97 Å². The molecule has 0 aliphatic carbocycles. The van der Waals surface area contributed by atoms with Gasteiger partial charge in [0, 0.05) is 12.8 Å². The number of esters is 1. The fourth-order valence-corrected chi connectivity index (χ4v) is 9.17. The van der Waals surface area contributed by atoms with Gasteiger partial charge in [-0.3, -0.25) is 9.59 Å². The van der Waals surface area contributed by atoms with Gasteiger partial charge < -0.3 is 20.3 Å². The number of ether oxygens (including phenoxy) is 1. The highest BCUT2D eigenvalue weighted by Crippen LogP contribution is 2.16. The summed E-state index contributed by atoms with van der Waals surface area (Å²) in [5.74, 6) is -0.0526. The molecule has 1 amide bonds. The van der Waals surface area contributed by atoms with E-state index in [-0.39, 0.29) is 18.5 Å². The lowest BCUT2D eigenvalue weighted by Gasteiger charge is -2.22. The van der Waals surface area contributed by atoms with Gasteiger partial charge in [0.2, 0.25) is 5.91 Å². The molecule has 2 unspecified atom stereocenters. The Bertz CT molecular complexity index is 1160. The maximum Gasteiger partial charge on any atom is 0.305 e. The molecule has 0 heterocycles. The number of aliphatic hydroxyl groups is 2. The maximum atomic E-state index is 12.5. The minimum absolute atomic E-state index is 0.00676. The van der Waals surface area contributed by atoms with Gasteiger partial charge in [-0.1, -0.05) is 262 Å². The van der Waals surface area contributed by atoms with Crippen molar-refractivity contribution in [3.63, 3.8) is 0 Å². The predicted molar refractivity (Wildman–Crippen MR) is 301 cm³/mol. The van der Waals surface area contributed by atoms with Crippen LogP contribution in [0.5, 0.6) is 0 Å². The first-order valence-corrected chi connectivity index (χ1v) is 30.4. The minimum atomic E-state index is -0.671. The molecule has 0 aliphatic heterocycles. The van der Waals surface area contributed by atoms with Crippen molar-refractivity contribution in [1.29, 1.82) is 0 Å². The molecule has 0 spiro atoms. The third-order valence-corrected chi connectivity index (χ3v) is 13.9. The van der Waals surface area contributed by atoms with Crippen molar-refractivity contribution in [1.82, 2.24) is 5.32 Å². The SMILES string of the molecule is CCCCCC/C=C\C/C=C\CCCCCCCC(=O)OCCCCCCCCCCC/C=C\C/C=C\CCCCCCCCCC(=O)NC(CO)C(O)CCCCCCCCCCCCCCC. The van der Waals surface area contributed by atoms with Crippen molar-refractivity contribution in [2.75, 3.05) is 13.2 Å². The number of nitrogens with one attached hydrogen (secondary N) is 1. The Morgan fingerprint density at radius 3 is 1.12 bits per heavy atom. The summed E-state index contributed by atoms with van der Waals surface area (Å²) in [5.41, 5.74) is 0. The molecule has 404 valence electrons. The smallest absolute Gasteiger partial charge is 0.305 e. The molecular formula is C63H117NO5. The maximum absolute atomic E-state index is 12.5. The lowest BCUT2D eigenvalue weighted by Crippen LogP contribution is -2.45. The average Bonchev–Trinajstić information content (AvgIpc) is 3.35. The zero-order chi connectivity index (χ0) is 50.0. The Labute approximate surface area is 429 Å². The summed E-state index contributed by atoms with van der Waals surface area (Å²) in [4.78, 5) is 24.5. The van der Waals surface area contributed by atoms with E-state index in [9.17, 15) is 19.8 Å². The topological polar surface area (TPSA) is 95.9 Å². The van der Waals surface area contributed by atoms with Gasteiger partial charge in [-0.15, -0.1) is 0 Å². The van der Waals surface area contributed by atoms with Crippen LogP contribution < -0.4 is 5.32 Å². The first-order valence-electron chi connectivity index (χ1n) is 30.4. The lowest BCUT2D eigenvalue weighted by atomic mass is 10.0. The largest absolute Gasteiger partial charge is 0.466 e. The van der Waals surface area contributed by atoms with Crippen LogP contribution in [0.15, 0.2) is 48.6 Å². The van der Waals surface area contributed by atoms with Crippen molar-refractivity contribution >= 4 is 11.9 Å². The van der Waals surface area contributed by atoms with Crippen LogP contribution in [-0.2, 0) is 14.3 Å². The summed E-state index contributed by atoms with van der Waals surface area (Å²) >= 11 is 0. The number of amides is 1. The number of carbonyl (C=O) groups is 2. The van der Waals surface area contributed by atoms with Crippen LogP contribution in [-0.4, -0.2) is 47.4 Å². The minimum Gasteiger partial charge on any atom is -0.466 e. The van der Waals surface area contributed by atoms with E-state index < -0.39 is 12.1 Å². The van der Waals surface area contributed by atoms with Gasteiger partial charge in [0.25, 0.3) is 0 Å². The van der Waals surface area contributed by atoms with Gasteiger partial charge in [-0.25, -0.2) is 0 Å². The van der Waals surface area contributed by atoms with Crippen LogP contribution in [0.3, 0.4) is 0 Å². The fourth-order valence-electron chi connectivity index (χ4n) is 9.17. The molecule has 0 saturated carbocycles. The molecule has 0 radical (unpaired) electrons. The van der Waals surface area contributed by atoms with E-state index in [0.717, 1.165) is 70.6 Å². The third kappa shape index (κ3) is 55.0. The van der Waals surface area contributed by atoms with E-state index in [1.165, 1.54) is 212 Å². The molecule has 3 N–H and O–H groups in total. The number of hydrogen-bond donors (Lipinski definition) is 3. The number of allylic oxidation sites excluding steroid dienone is 8. The molecule has 69 heavy (non-hydrogen) atoms. The van der Waals surface area contributed by atoms with E-state index in [2.05, 4.69) is 67.8 Å². The third-order valence-electron chi connectivity index (χ3n) is 13.9. The van der Waals surface area contributed by atoms with E-state index >= 15 is 0 Å². The lowest BCUT2D eigenvalue weighted by molar-refractivity contribution is -0.143. The zero-order valence-corrected chi connectivity index (χ0v) is 46.0. The second-order valence-electron chi connectivity index (χ2n) is 20.7. The van der Waals surface area contributed by atoms with Crippen LogP contribution in [0.2, 0.25) is 0 Å². The zero-order valence-electron chi connectivity index (χ0n) is 46.0. The number of hydrogen-bond acceptors (Lipinski definition) is 5. The number of carbonyl (C=O) groups excluding carboxylic acids is 2. The van der Waals surface area contributed by atoms with Gasteiger partial charge in [0.05, 0.1) is 25.4 Å². The normalized spacial score (nSPS) is 12.9. The number of rotatable bonds is 56. The average molecular weight is 969 g/mol. The van der Waals surface area contributed by atoms with Crippen molar-refractivity contribution in [3.8, 4) is 0 Å². The summed E-state index contributed by atoms with van der Waals surface area (Å²) in [6, 6.07) is -0.549. The number of aliphatic hydroxyl groups excluding tert-OH is 2. The monoisotopic (exact) mass is 968 g/mol. The standard InChI is InChI=1S/C63H117NO5/c1-3-5-7-9-11-13-15-17-18-29-33-37-41-45-49-53-57-63(68)69-58-54-50-46-42-38-34-30-27-25-23-21-19-20-22-24-26-28-32-36-40-44-48-52-56-62(67)64-60(59-65)61(66)55-51-47-43-39-35-31-16-14-12-10-8-6-4-2/h13,15,18-19,21-22,24,29,60-61,65-66H,3-12,14,16-17,20,23,25-28,30-59H2,1-2H3,(H,64,67)/b15-13-,21-19-,24-22-,29-18-. The van der Waals surface area contributed by atoms with Crippen LogP contribution in [0.25, 0.3) is 0 Å². The second-order valence-corrected chi connectivity index (χ2v) is 20.7. The molecule has 6 heteroatoms. The van der Waals surface area contributed by atoms with Gasteiger partial charge in [0.1, 0.15) is 0 Å². The Hall–Kier alpha value is -2.18. The van der Waals surface area contributed by atoms with E-state index in [1.807, 2.05) is 0 Å². The van der Waals surface area contributed by atoms with E-state index in [0.29, 0.717) is 25.9 Å². The summed E-state index contributed by atoms with van der Waals surface area (Å²) in [6.45, 7) is 4.92. The van der Waals surface area contributed by atoms with Gasteiger partial charge in [-0.2, -0.15) is 0 Å². The van der Waals surface area contributed by atoms with Crippen molar-refractivity contribution in [2.24, 2.45) is 0 Å². The quantitative estimate of drug-likeness (QED) is 0.0321. The molecular weight excluding hydrogens is 851 g/mol. The van der Waals surface area contributed by atoms with Gasteiger partial charge in [-0.05, 0) is 89.9 Å². The molecule has 0 bridgehead atoms. The Morgan fingerprint density at radius 2 is 0.725 bits per heavy atom. The molecule has 0 fully saturated rings. The summed E-state index contributed by atoms with van der Waals surface area (Å²) < 4.78 is 5.47. The first-order chi connectivity index (χ1) is 34.0. The van der Waals surface area contributed by atoms with Crippen LogP contribution in [0.4, 0.5) is 0 Å². The van der Waals surface area contributed by atoms with E-state index in [1.54, 1.807) is 0 Å². The van der Waals surface area contributed by atoms with Crippen molar-refractivity contribution < 1.29 is 24.5 Å². The molecule has 2 atom stereocenters. The highest BCUT2D eigenvalue weighted by atomic mass is 16.5. The predicted octanol–water partition coefficient (Wildman–Crippen LogP) is 19.0. The highest BCUT2D eigenvalue weighted by Gasteiger charge is 2.20. The molecule has 0 saturated heterocycles. The van der Waals surface area contributed by atoms with Crippen LogP contribution in [0.1, 0.15) is 316 Å². The highest BCUT2D eigenvalue weighted by molar-refractivity contribution is 5.76. The number of unbranched alkanes of at least 4 members (excludes halogenated alkanes) is 37. The van der Waals surface area contributed by atoms with Crippen LogP contribution in [0, 0.1) is 0 Å². The molecule has 0 rings (SSSR count). The molecule has 0 aromatic rings. The van der Waals surface area contributed by atoms with Gasteiger partial charge in [0.15, 0.2) is 0 Å². The van der Waals surface area contributed by atoms with Crippen molar-refractivity contribution in [3.05, 3.63) is 48.6 Å². The summed E-state index contributed by atoms with van der Waals surface area (Å²) in [6.07, 6.45) is 74.0. The molecule has 0 aromatic carbocycles. The van der Waals surface area contributed by atoms with E-state index in [4.69, 9.17) is 4.74 Å². The summed E-state index contributed by atoms with van der Waals surface area (Å²) in [5, 5.41) is 23.2. The Kier molecular flexibility index (Phi) is 56.5. The summed E-state index contributed by atoms with van der Waals surface area (Å²) in [7, 11) is 0. The molecule has 0 aromatic heterocycles. The fraction of sp³-hybridized carbons (Fsp3) is 0.841. The molecule has 6 nitrogen and oxygen atoms in total. The molecule has 0 aliphatic rings. The Morgan fingerprint density at radius 1 is 0.406 bits per heavy atom. The Balaban J connectivity index is 3.45. The first kappa shape index (κ1) is 66.8. The second kappa shape index (κ2) is 58.4.